The fourth-order valence-electron chi connectivity index (χ4n) is 2.72. The number of carbonyl (C=O) groups excluding carboxylic acids is 1. The average molecular weight is 256 g/mol. The molecule has 0 spiro atoms. The lowest BCUT2D eigenvalue weighted by Crippen LogP contribution is -2.48. The molecule has 104 valence electrons. The normalized spacial score (nSPS) is 25.2. The van der Waals surface area contributed by atoms with E-state index in [9.17, 15) is 9.90 Å². The second-order valence-corrected chi connectivity index (χ2v) is 5.85. The van der Waals surface area contributed by atoms with Crippen LogP contribution in [0.3, 0.4) is 0 Å². The minimum absolute atomic E-state index is 0.0140. The van der Waals surface area contributed by atoms with Crippen molar-refractivity contribution in [2.75, 3.05) is 26.3 Å². The van der Waals surface area contributed by atoms with E-state index in [0.717, 1.165) is 12.8 Å². The molecule has 1 amide bonds. The standard InChI is InChI=1S/C13H24N2O3/c14-9-12(2-1-3-12)8-11(16)15-10-13(17)4-6-18-7-5-13/h17H,1-10,14H2,(H,15,16). The first-order valence-corrected chi connectivity index (χ1v) is 6.85. The van der Waals surface area contributed by atoms with Crippen molar-refractivity contribution in [1.29, 1.82) is 0 Å². The predicted molar refractivity (Wildman–Crippen MR) is 68.0 cm³/mol. The molecule has 1 aliphatic heterocycles. The topological polar surface area (TPSA) is 84.6 Å². The zero-order chi connectivity index (χ0) is 13.1. The van der Waals surface area contributed by atoms with Crippen LogP contribution in [0.2, 0.25) is 0 Å². The van der Waals surface area contributed by atoms with Gasteiger partial charge >= 0.3 is 0 Å². The lowest BCUT2D eigenvalue weighted by atomic mass is 9.66. The Bertz CT molecular complexity index is 291. The van der Waals surface area contributed by atoms with E-state index < -0.39 is 5.60 Å². The van der Waals surface area contributed by atoms with Crippen LogP contribution in [-0.4, -0.2) is 42.9 Å². The zero-order valence-electron chi connectivity index (χ0n) is 10.9. The Labute approximate surface area is 108 Å². The molecule has 18 heavy (non-hydrogen) atoms. The second kappa shape index (κ2) is 5.55. The minimum Gasteiger partial charge on any atom is -0.388 e. The number of amides is 1. The Hall–Kier alpha value is -0.650. The van der Waals surface area contributed by atoms with Gasteiger partial charge in [-0.3, -0.25) is 4.79 Å². The van der Waals surface area contributed by atoms with Gasteiger partial charge in [0.2, 0.25) is 5.91 Å². The van der Waals surface area contributed by atoms with E-state index in [2.05, 4.69) is 5.32 Å². The maximum absolute atomic E-state index is 11.9. The van der Waals surface area contributed by atoms with Crippen LogP contribution in [-0.2, 0) is 9.53 Å². The van der Waals surface area contributed by atoms with Gasteiger partial charge in [-0.1, -0.05) is 6.42 Å². The average Bonchev–Trinajstić information content (AvgIpc) is 2.32. The van der Waals surface area contributed by atoms with Crippen molar-refractivity contribution in [3.63, 3.8) is 0 Å². The second-order valence-electron chi connectivity index (χ2n) is 5.85. The van der Waals surface area contributed by atoms with Crippen molar-refractivity contribution in [2.24, 2.45) is 11.1 Å². The summed E-state index contributed by atoms with van der Waals surface area (Å²) in [6.45, 7) is 2.05. The van der Waals surface area contributed by atoms with Crippen LogP contribution in [0, 0.1) is 5.41 Å². The summed E-state index contributed by atoms with van der Waals surface area (Å²) in [7, 11) is 0. The third-order valence-corrected chi connectivity index (χ3v) is 4.42. The third kappa shape index (κ3) is 3.22. The number of nitrogens with two attached hydrogens (primary N) is 1. The van der Waals surface area contributed by atoms with Gasteiger partial charge in [-0.15, -0.1) is 0 Å². The summed E-state index contributed by atoms with van der Waals surface area (Å²) in [4.78, 5) is 11.9. The van der Waals surface area contributed by atoms with Crippen LogP contribution < -0.4 is 11.1 Å². The van der Waals surface area contributed by atoms with E-state index in [0.29, 0.717) is 45.6 Å². The number of aliphatic hydroxyl groups is 1. The van der Waals surface area contributed by atoms with Crippen LogP contribution in [0.25, 0.3) is 0 Å². The number of hydrogen-bond acceptors (Lipinski definition) is 4. The van der Waals surface area contributed by atoms with Crippen molar-refractivity contribution in [2.45, 2.75) is 44.1 Å². The summed E-state index contributed by atoms with van der Waals surface area (Å²) in [6, 6.07) is 0. The molecule has 1 saturated carbocycles. The van der Waals surface area contributed by atoms with Gasteiger partial charge in [-0.05, 0) is 24.8 Å². The number of carbonyl (C=O) groups is 1. The Morgan fingerprint density at radius 3 is 2.44 bits per heavy atom. The van der Waals surface area contributed by atoms with E-state index in [1.807, 2.05) is 0 Å². The number of ether oxygens (including phenoxy) is 1. The third-order valence-electron chi connectivity index (χ3n) is 4.42. The van der Waals surface area contributed by atoms with Gasteiger partial charge in [0, 0.05) is 39.0 Å². The lowest BCUT2D eigenvalue weighted by Gasteiger charge is -2.40. The smallest absolute Gasteiger partial charge is 0.220 e. The van der Waals surface area contributed by atoms with Crippen LogP contribution in [0.5, 0.6) is 0 Å². The molecule has 0 aromatic carbocycles. The summed E-state index contributed by atoms with van der Waals surface area (Å²) in [5, 5.41) is 13.1. The molecule has 0 bridgehead atoms. The SMILES string of the molecule is NCC1(CC(=O)NCC2(O)CCOCC2)CCC1. The molecule has 0 atom stereocenters. The van der Waals surface area contributed by atoms with Crippen LogP contribution >= 0.6 is 0 Å². The summed E-state index contributed by atoms with van der Waals surface area (Å²) in [5.41, 5.74) is 4.98. The summed E-state index contributed by atoms with van der Waals surface area (Å²) in [5.74, 6) is 0.0140. The molecule has 0 unspecified atom stereocenters. The van der Waals surface area contributed by atoms with Crippen LogP contribution in [0.1, 0.15) is 38.5 Å². The van der Waals surface area contributed by atoms with Gasteiger partial charge in [-0.25, -0.2) is 0 Å². The molecule has 5 nitrogen and oxygen atoms in total. The molecular weight excluding hydrogens is 232 g/mol. The number of nitrogens with one attached hydrogen (secondary N) is 1. The molecular formula is C13H24N2O3. The zero-order valence-corrected chi connectivity index (χ0v) is 10.9. The van der Waals surface area contributed by atoms with E-state index >= 15 is 0 Å². The molecule has 1 saturated heterocycles. The highest BCUT2D eigenvalue weighted by molar-refractivity contribution is 5.77. The van der Waals surface area contributed by atoms with Crippen molar-refractivity contribution < 1.29 is 14.6 Å². The molecule has 2 fully saturated rings. The lowest BCUT2D eigenvalue weighted by molar-refractivity contribution is -0.127. The largest absolute Gasteiger partial charge is 0.388 e. The van der Waals surface area contributed by atoms with Gasteiger partial charge in [-0.2, -0.15) is 0 Å². The maximum atomic E-state index is 11.9. The predicted octanol–water partition coefficient (Wildman–Crippen LogP) is 0.163. The Kier molecular flexibility index (Phi) is 4.25. The molecule has 4 N–H and O–H groups in total. The molecule has 0 aromatic rings. The van der Waals surface area contributed by atoms with Gasteiger partial charge in [0.25, 0.3) is 0 Å². The summed E-state index contributed by atoms with van der Waals surface area (Å²) in [6.07, 6.45) is 4.95. The molecule has 2 rings (SSSR count). The fraction of sp³-hybridized carbons (Fsp3) is 0.923. The van der Waals surface area contributed by atoms with Crippen molar-refractivity contribution in [3.05, 3.63) is 0 Å². The molecule has 1 heterocycles. The number of rotatable bonds is 5. The first kappa shape index (κ1) is 13.8. The highest BCUT2D eigenvalue weighted by Gasteiger charge is 2.38. The first-order chi connectivity index (χ1) is 8.58. The van der Waals surface area contributed by atoms with Gasteiger partial charge in [0.15, 0.2) is 0 Å². The van der Waals surface area contributed by atoms with Crippen molar-refractivity contribution in [3.8, 4) is 0 Å². The molecule has 0 aromatic heterocycles. The van der Waals surface area contributed by atoms with E-state index in [1.165, 1.54) is 6.42 Å². The first-order valence-electron chi connectivity index (χ1n) is 6.85. The quantitative estimate of drug-likeness (QED) is 0.654. The molecule has 0 radical (unpaired) electrons. The highest BCUT2D eigenvalue weighted by Crippen LogP contribution is 2.42. The summed E-state index contributed by atoms with van der Waals surface area (Å²) >= 11 is 0. The fourth-order valence-corrected chi connectivity index (χ4v) is 2.72. The van der Waals surface area contributed by atoms with Gasteiger partial charge < -0.3 is 20.9 Å². The maximum Gasteiger partial charge on any atom is 0.220 e. The Morgan fingerprint density at radius 2 is 1.94 bits per heavy atom. The molecule has 1 aliphatic carbocycles. The van der Waals surface area contributed by atoms with Crippen LogP contribution in [0.15, 0.2) is 0 Å². The number of hydrogen-bond donors (Lipinski definition) is 3. The van der Waals surface area contributed by atoms with E-state index in [4.69, 9.17) is 10.5 Å². The van der Waals surface area contributed by atoms with E-state index in [-0.39, 0.29) is 11.3 Å². The Balaban J connectivity index is 1.74. The summed E-state index contributed by atoms with van der Waals surface area (Å²) < 4.78 is 5.21. The van der Waals surface area contributed by atoms with Gasteiger partial charge in [0.05, 0.1) is 5.60 Å². The molecule has 5 heteroatoms. The van der Waals surface area contributed by atoms with Crippen LogP contribution in [0.4, 0.5) is 0 Å². The molecule has 2 aliphatic rings. The van der Waals surface area contributed by atoms with Crippen molar-refractivity contribution in [1.82, 2.24) is 5.32 Å². The minimum atomic E-state index is -0.788. The Morgan fingerprint density at radius 1 is 1.28 bits per heavy atom. The van der Waals surface area contributed by atoms with Gasteiger partial charge in [0.1, 0.15) is 0 Å². The monoisotopic (exact) mass is 256 g/mol. The highest BCUT2D eigenvalue weighted by atomic mass is 16.5. The van der Waals surface area contributed by atoms with Crippen molar-refractivity contribution >= 4 is 5.91 Å². The van der Waals surface area contributed by atoms with E-state index in [1.54, 1.807) is 0 Å².